The molecular weight excluding hydrogens is 239 g/mol. The average molecular weight is 252 g/mol. The molecule has 0 bridgehead atoms. The molecule has 0 fully saturated rings. The maximum atomic E-state index is 12.0. The van der Waals surface area contributed by atoms with Crippen LogP contribution in [0.2, 0.25) is 6.82 Å². The van der Waals surface area contributed by atoms with Crippen LogP contribution in [0.5, 0.6) is 0 Å². The lowest BCUT2D eigenvalue weighted by molar-refractivity contribution is 0.102. The van der Waals surface area contributed by atoms with E-state index in [4.69, 9.17) is 4.65 Å². The summed E-state index contributed by atoms with van der Waals surface area (Å²) in [7, 11) is 0. The molecule has 1 aliphatic rings. The second-order valence-corrected chi connectivity index (χ2v) is 4.56. The number of pyridine rings is 1. The van der Waals surface area contributed by atoms with Gasteiger partial charge < -0.3 is 9.97 Å². The van der Waals surface area contributed by atoms with Crippen molar-refractivity contribution in [1.82, 2.24) is 4.98 Å². The maximum absolute atomic E-state index is 12.0. The fourth-order valence-corrected chi connectivity index (χ4v) is 2.19. The van der Waals surface area contributed by atoms with Gasteiger partial charge in [0, 0.05) is 18.1 Å². The van der Waals surface area contributed by atoms with Crippen molar-refractivity contribution < 1.29 is 9.45 Å². The first-order chi connectivity index (χ1) is 9.24. The predicted octanol–water partition coefficient (Wildman–Crippen LogP) is 1.69. The maximum Gasteiger partial charge on any atom is 0.324 e. The van der Waals surface area contributed by atoms with E-state index in [9.17, 15) is 4.79 Å². The Kier molecular flexibility index (Phi) is 3.05. The number of rotatable bonds is 2. The molecular formula is C14H13BN2O2. The molecule has 4 nitrogen and oxygen atoms in total. The van der Waals surface area contributed by atoms with Gasteiger partial charge in [-0.05, 0) is 35.3 Å². The molecule has 5 heteroatoms. The number of carbonyl (C=O) groups excluding carboxylic acids is 1. The first-order valence-electron chi connectivity index (χ1n) is 6.20. The van der Waals surface area contributed by atoms with Crippen LogP contribution in [-0.4, -0.2) is 17.8 Å². The van der Waals surface area contributed by atoms with E-state index in [1.54, 1.807) is 24.5 Å². The van der Waals surface area contributed by atoms with Crippen molar-refractivity contribution in [2.75, 3.05) is 5.32 Å². The molecule has 0 unspecified atom stereocenters. The Hall–Kier alpha value is -2.14. The van der Waals surface area contributed by atoms with Crippen LogP contribution in [-0.2, 0) is 11.3 Å². The van der Waals surface area contributed by atoms with E-state index in [1.807, 2.05) is 25.0 Å². The molecule has 1 N–H and O–H groups in total. The van der Waals surface area contributed by atoms with Crippen LogP contribution < -0.4 is 10.8 Å². The minimum absolute atomic E-state index is 0.0882. The zero-order valence-electron chi connectivity index (χ0n) is 10.6. The summed E-state index contributed by atoms with van der Waals surface area (Å²) < 4.78 is 5.55. The normalized spacial score (nSPS) is 13.2. The summed E-state index contributed by atoms with van der Waals surface area (Å²) in [4.78, 5) is 15.9. The zero-order chi connectivity index (χ0) is 13.2. The van der Waals surface area contributed by atoms with E-state index in [-0.39, 0.29) is 12.8 Å². The Balaban J connectivity index is 1.81. The summed E-state index contributed by atoms with van der Waals surface area (Å²) in [6.07, 6.45) is 3.19. The minimum atomic E-state index is -0.153. The number of aromatic nitrogens is 1. The third kappa shape index (κ3) is 2.37. The van der Waals surface area contributed by atoms with Crippen LogP contribution in [0.15, 0.2) is 42.7 Å². The van der Waals surface area contributed by atoms with E-state index in [0.29, 0.717) is 12.2 Å². The highest BCUT2D eigenvalue weighted by molar-refractivity contribution is 6.67. The van der Waals surface area contributed by atoms with Gasteiger partial charge in [-0.25, -0.2) is 0 Å². The van der Waals surface area contributed by atoms with Crippen molar-refractivity contribution in [1.29, 1.82) is 0 Å². The molecule has 2 aromatic rings. The minimum Gasteiger partial charge on any atom is -0.427 e. The number of anilines is 1. The van der Waals surface area contributed by atoms with E-state index in [1.165, 1.54) is 5.56 Å². The van der Waals surface area contributed by atoms with E-state index >= 15 is 0 Å². The number of hydrogen-bond donors (Lipinski definition) is 1. The molecule has 0 spiro atoms. The van der Waals surface area contributed by atoms with Crippen LogP contribution in [0.25, 0.3) is 0 Å². The summed E-state index contributed by atoms with van der Waals surface area (Å²) in [6.45, 7) is 2.75. The summed E-state index contributed by atoms with van der Waals surface area (Å²) in [5.74, 6) is -0.153. The van der Waals surface area contributed by atoms with Crippen molar-refractivity contribution in [2.24, 2.45) is 0 Å². The van der Waals surface area contributed by atoms with Crippen LogP contribution in [0.3, 0.4) is 0 Å². The first-order valence-corrected chi connectivity index (χ1v) is 6.20. The number of hydrogen-bond acceptors (Lipinski definition) is 3. The molecule has 0 radical (unpaired) electrons. The van der Waals surface area contributed by atoms with Crippen LogP contribution in [0.1, 0.15) is 15.9 Å². The summed E-state index contributed by atoms with van der Waals surface area (Å²) >= 11 is 0. The van der Waals surface area contributed by atoms with Crippen molar-refractivity contribution in [3.8, 4) is 0 Å². The summed E-state index contributed by atoms with van der Waals surface area (Å²) in [5, 5.41) is 2.87. The predicted molar refractivity (Wildman–Crippen MR) is 74.7 cm³/mol. The number of carbonyl (C=O) groups is 1. The van der Waals surface area contributed by atoms with Crippen LogP contribution >= 0.6 is 0 Å². The SMILES string of the molecule is CB1OCc2ccc(NC(=O)c3cccnc3)cc21. The van der Waals surface area contributed by atoms with Crippen LogP contribution in [0, 0.1) is 0 Å². The lowest BCUT2D eigenvalue weighted by Gasteiger charge is -2.07. The van der Waals surface area contributed by atoms with E-state index in [0.717, 1.165) is 11.2 Å². The molecule has 1 amide bonds. The van der Waals surface area contributed by atoms with Crippen molar-refractivity contribution >= 4 is 24.0 Å². The van der Waals surface area contributed by atoms with Gasteiger partial charge in [-0.2, -0.15) is 0 Å². The highest BCUT2D eigenvalue weighted by atomic mass is 16.4. The average Bonchev–Trinajstić information content (AvgIpc) is 2.81. The summed E-state index contributed by atoms with van der Waals surface area (Å²) in [6, 6.07) is 9.35. The monoisotopic (exact) mass is 252 g/mol. The Morgan fingerprint density at radius 1 is 1.42 bits per heavy atom. The zero-order valence-corrected chi connectivity index (χ0v) is 10.6. The quantitative estimate of drug-likeness (QED) is 0.827. The highest BCUT2D eigenvalue weighted by Gasteiger charge is 2.23. The molecule has 2 heterocycles. The molecule has 0 atom stereocenters. The molecule has 3 rings (SSSR count). The molecule has 1 aliphatic heterocycles. The largest absolute Gasteiger partial charge is 0.427 e. The fourth-order valence-electron chi connectivity index (χ4n) is 2.19. The van der Waals surface area contributed by atoms with Crippen LogP contribution in [0.4, 0.5) is 5.69 Å². The smallest absolute Gasteiger partial charge is 0.324 e. The molecule has 1 aromatic heterocycles. The number of benzene rings is 1. The molecule has 94 valence electrons. The number of amides is 1. The van der Waals surface area contributed by atoms with E-state index < -0.39 is 0 Å². The summed E-state index contributed by atoms with van der Waals surface area (Å²) in [5.41, 5.74) is 3.66. The lowest BCUT2D eigenvalue weighted by atomic mass is 9.64. The molecule has 0 saturated carbocycles. The second-order valence-electron chi connectivity index (χ2n) is 4.56. The second kappa shape index (κ2) is 4.86. The molecule has 0 aliphatic carbocycles. The molecule has 1 aromatic carbocycles. The van der Waals surface area contributed by atoms with Gasteiger partial charge in [-0.15, -0.1) is 0 Å². The van der Waals surface area contributed by atoms with Crippen molar-refractivity contribution in [2.45, 2.75) is 13.4 Å². The Bertz CT molecular complexity index is 616. The third-order valence-corrected chi connectivity index (χ3v) is 3.25. The highest BCUT2D eigenvalue weighted by Crippen LogP contribution is 2.16. The lowest BCUT2D eigenvalue weighted by Crippen LogP contribution is -2.25. The Morgan fingerprint density at radius 2 is 2.32 bits per heavy atom. The number of nitrogens with zero attached hydrogens (tertiary/aromatic N) is 1. The molecule has 0 saturated heterocycles. The fraction of sp³-hybridized carbons (Fsp3) is 0.143. The van der Waals surface area contributed by atoms with Gasteiger partial charge in [0.05, 0.1) is 12.2 Å². The topological polar surface area (TPSA) is 51.2 Å². The van der Waals surface area contributed by atoms with E-state index in [2.05, 4.69) is 10.3 Å². The van der Waals surface area contributed by atoms with Gasteiger partial charge in [-0.3, -0.25) is 9.78 Å². The van der Waals surface area contributed by atoms with Gasteiger partial charge in [0.2, 0.25) is 0 Å². The third-order valence-electron chi connectivity index (χ3n) is 3.25. The van der Waals surface area contributed by atoms with Gasteiger partial charge in [0.25, 0.3) is 5.91 Å². The number of fused-ring (bicyclic) bond motifs is 1. The Morgan fingerprint density at radius 3 is 3.11 bits per heavy atom. The number of nitrogens with one attached hydrogen (secondary N) is 1. The van der Waals surface area contributed by atoms with Gasteiger partial charge in [-0.1, -0.05) is 12.9 Å². The van der Waals surface area contributed by atoms with Crippen molar-refractivity contribution in [3.63, 3.8) is 0 Å². The van der Waals surface area contributed by atoms with Gasteiger partial charge >= 0.3 is 6.92 Å². The van der Waals surface area contributed by atoms with Gasteiger partial charge in [0.15, 0.2) is 0 Å². The van der Waals surface area contributed by atoms with Crippen molar-refractivity contribution in [3.05, 3.63) is 53.9 Å². The first kappa shape index (κ1) is 11.9. The Labute approximate surface area is 111 Å². The van der Waals surface area contributed by atoms with Gasteiger partial charge in [0.1, 0.15) is 0 Å². The standard InChI is InChI=1S/C14H13BN2O2/c1-15-13-7-12(5-4-11(13)9-19-15)17-14(18)10-3-2-6-16-8-10/h2-8H,9H2,1H3,(H,17,18). The molecule has 19 heavy (non-hydrogen) atoms.